The zero-order chi connectivity index (χ0) is 16.8. The van der Waals surface area contributed by atoms with Crippen LogP contribution in [0.3, 0.4) is 0 Å². The lowest BCUT2D eigenvalue weighted by Crippen LogP contribution is -2.04. The standard InChI is InChI=1S/C17H11Cl3FN3/c18-9-1-4-15(14(20)7-9)24-17-12(5-6-22-17)16(23-24)11-3-2-10(21)8-13(11)19/h1-4,7-8,22H,5-6H2. The number of aromatic nitrogens is 2. The van der Waals surface area contributed by atoms with Gasteiger partial charge >= 0.3 is 0 Å². The molecule has 0 spiro atoms. The van der Waals surface area contributed by atoms with Crippen molar-refractivity contribution in [2.45, 2.75) is 6.42 Å². The fraction of sp³-hybridized carbons (Fsp3) is 0.118. The molecule has 4 rings (SSSR count). The average molecular weight is 383 g/mol. The number of hydrogen-bond acceptors (Lipinski definition) is 2. The van der Waals surface area contributed by atoms with Crippen molar-refractivity contribution in [2.75, 3.05) is 11.9 Å². The molecule has 1 aromatic heterocycles. The van der Waals surface area contributed by atoms with Crippen LogP contribution < -0.4 is 5.32 Å². The number of fused-ring (bicyclic) bond motifs is 1. The molecule has 0 atom stereocenters. The maximum absolute atomic E-state index is 13.3. The molecule has 24 heavy (non-hydrogen) atoms. The van der Waals surface area contributed by atoms with Gasteiger partial charge in [-0.25, -0.2) is 9.07 Å². The molecule has 2 heterocycles. The molecule has 0 fully saturated rings. The Labute approximate surface area is 153 Å². The van der Waals surface area contributed by atoms with Gasteiger partial charge in [-0.3, -0.25) is 0 Å². The predicted molar refractivity (Wildman–Crippen MR) is 96.2 cm³/mol. The molecular formula is C17H11Cl3FN3. The lowest BCUT2D eigenvalue weighted by atomic mass is 10.1. The zero-order valence-corrected chi connectivity index (χ0v) is 14.6. The van der Waals surface area contributed by atoms with Crippen LogP contribution in [0.2, 0.25) is 15.1 Å². The summed E-state index contributed by atoms with van der Waals surface area (Å²) >= 11 is 18.5. The maximum atomic E-state index is 13.3. The molecule has 1 aliphatic rings. The number of rotatable bonds is 2. The summed E-state index contributed by atoms with van der Waals surface area (Å²) < 4.78 is 15.1. The van der Waals surface area contributed by atoms with Crippen LogP contribution in [0, 0.1) is 5.82 Å². The third kappa shape index (κ3) is 2.55. The Bertz CT molecular complexity index is 878. The van der Waals surface area contributed by atoms with Crippen LogP contribution in [0.1, 0.15) is 5.56 Å². The summed E-state index contributed by atoms with van der Waals surface area (Å²) in [5.74, 6) is 0.494. The molecule has 0 aliphatic carbocycles. The third-order valence-corrected chi connectivity index (χ3v) is 4.83. The topological polar surface area (TPSA) is 29.9 Å². The normalized spacial score (nSPS) is 13.0. The minimum absolute atomic E-state index is 0.330. The molecule has 2 aromatic carbocycles. The van der Waals surface area contributed by atoms with E-state index in [0.717, 1.165) is 35.7 Å². The SMILES string of the molecule is Fc1ccc(-c2nn(-c3ccc(Cl)cc3Cl)c3c2CCN3)c(Cl)c1. The van der Waals surface area contributed by atoms with Crippen LogP contribution in [0.5, 0.6) is 0 Å². The second-order valence-corrected chi connectivity index (χ2v) is 6.74. The predicted octanol–water partition coefficient (Wildman–Crippen LogP) is 5.61. The summed E-state index contributed by atoms with van der Waals surface area (Å²) in [5, 5.41) is 9.38. The first-order chi connectivity index (χ1) is 11.5. The van der Waals surface area contributed by atoms with Gasteiger partial charge < -0.3 is 5.32 Å². The molecule has 0 amide bonds. The molecule has 0 bridgehead atoms. The molecule has 0 saturated heterocycles. The Balaban J connectivity index is 1.92. The van der Waals surface area contributed by atoms with E-state index in [1.54, 1.807) is 22.9 Å². The monoisotopic (exact) mass is 381 g/mol. The lowest BCUT2D eigenvalue weighted by Gasteiger charge is -2.08. The van der Waals surface area contributed by atoms with Crippen LogP contribution in [0.25, 0.3) is 16.9 Å². The largest absolute Gasteiger partial charge is 0.369 e. The minimum Gasteiger partial charge on any atom is -0.369 e. The number of nitrogens with one attached hydrogen (secondary N) is 1. The fourth-order valence-electron chi connectivity index (χ4n) is 2.90. The molecule has 3 aromatic rings. The van der Waals surface area contributed by atoms with Crippen molar-refractivity contribution in [3.05, 3.63) is 62.8 Å². The van der Waals surface area contributed by atoms with Crippen molar-refractivity contribution in [3.63, 3.8) is 0 Å². The lowest BCUT2D eigenvalue weighted by molar-refractivity contribution is 0.628. The number of hydrogen-bond donors (Lipinski definition) is 1. The summed E-state index contributed by atoms with van der Waals surface area (Å²) in [6.45, 7) is 0.796. The molecule has 1 N–H and O–H groups in total. The fourth-order valence-corrected chi connectivity index (χ4v) is 3.65. The summed E-state index contributed by atoms with van der Waals surface area (Å²) in [6.07, 6.45) is 0.809. The van der Waals surface area contributed by atoms with Gasteiger partial charge in [0.05, 0.1) is 21.4 Å². The van der Waals surface area contributed by atoms with Gasteiger partial charge in [0.1, 0.15) is 11.6 Å². The van der Waals surface area contributed by atoms with Gasteiger partial charge in [-0.15, -0.1) is 0 Å². The molecule has 0 unspecified atom stereocenters. The van der Waals surface area contributed by atoms with Crippen molar-refractivity contribution >= 4 is 40.6 Å². The smallest absolute Gasteiger partial charge is 0.133 e. The Hall–Kier alpha value is -1.75. The van der Waals surface area contributed by atoms with Gasteiger partial charge in [0.2, 0.25) is 0 Å². The Kier molecular flexibility index (Phi) is 3.91. The molecule has 1 aliphatic heterocycles. The van der Waals surface area contributed by atoms with E-state index < -0.39 is 0 Å². The van der Waals surface area contributed by atoms with E-state index in [0.29, 0.717) is 20.6 Å². The summed E-state index contributed by atoms with van der Waals surface area (Å²) in [6, 6.07) is 9.56. The second kappa shape index (κ2) is 5.96. The average Bonchev–Trinajstić information content (AvgIpc) is 3.11. The van der Waals surface area contributed by atoms with E-state index in [4.69, 9.17) is 34.8 Å². The molecule has 7 heteroatoms. The van der Waals surface area contributed by atoms with Crippen LogP contribution in [-0.2, 0) is 6.42 Å². The summed E-state index contributed by atoms with van der Waals surface area (Å²) in [5.41, 5.74) is 3.18. The first-order valence-electron chi connectivity index (χ1n) is 7.31. The van der Waals surface area contributed by atoms with E-state index in [1.165, 1.54) is 12.1 Å². The van der Waals surface area contributed by atoms with Gasteiger partial charge in [-0.1, -0.05) is 34.8 Å². The van der Waals surface area contributed by atoms with Gasteiger partial charge in [0, 0.05) is 22.7 Å². The third-order valence-electron chi connectivity index (χ3n) is 3.98. The van der Waals surface area contributed by atoms with Crippen LogP contribution >= 0.6 is 34.8 Å². The molecule has 0 radical (unpaired) electrons. The first kappa shape index (κ1) is 15.8. The van der Waals surface area contributed by atoms with Crippen molar-refractivity contribution < 1.29 is 4.39 Å². The Morgan fingerprint density at radius 3 is 2.62 bits per heavy atom. The highest BCUT2D eigenvalue weighted by Crippen LogP contribution is 2.39. The highest BCUT2D eigenvalue weighted by molar-refractivity contribution is 6.35. The summed E-state index contributed by atoms with van der Waals surface area (Å²) in [7, 11) is 0. The molecular weight excluding hydrogens is 372 g/mol. The van der Waals surface area contributed by atoms with Gasteiger partial charge in [-0.2, -0.15) is 5.10 Å². The van der Waals surface area contributed by atoms with E-state index in [2.05, 4.69) is 10.4 Å². The van der Waals surface area contributed by atoms with Crippen molar-refractivity contribution in [2.24, 2.45) is 0 Å². The van der Waals surface area contributed by atoms with Crippen LogP contribution in [0.15, 0.2) is 36.4 Å². The van der Waals surface area contributed by atoms with Crippen LogP contribution in [0.4, 0.5) is 10.2 Å². The van der Waals surface area contributed by atoms with E-state index >= 15 is 0 Å². The molecule has 0 saturated carbocycles. The van der Waals surface area contributed by atoms with Crippen molar-refractivity contribution in [3.8, 4) is 16.9 Å². The van der Waals surface area contributed by atoms with E-state index in [-0.39, 0.29) is 5.82 Å². The quantitative estimate of drug-likeness (QED) is 0.624. The second-order valence-electron chi connectivity index (χ2n) is 5.48. The zero-order valence-electron chi connectivity index (χ0n) is 12.3. The van der Waals surface area contributed by atoms with Crippen molar-refractivity contribution in [1.82, 2.24) is 9.78 Å². The van der Waals surface area contributed by atoms with Gasteiger partial charge in [0.25, 0.3) is 0 Å². The number of nitrogens with zero attached hydrogens (tertiary/aromatic N) is 2. The van der Waals surface area contributed by atoms with Gasteiger partial charge in [0.15, 0.2) is 0 Å². The highest BCUT2D eigenvalue weighted by Gasteiger charge is 2.25. The highest BCUT2D eigenvalue weighted by atomic mass is 35.5. The van der Waals surface area contributed by atoms with E-state index in [9.17, 15) is 4.39 Å². The Morgan fingerprint density at radius 1 is 1.04 bits per heavy atom. The maximum Gasteiger partial charge on any atom is 0.133 e. The Morgan fingerprint density at radius 2 is 1.88 bits per heavy atom. The number of anilines is 1. The van der Waals surface area contributed by atoms with Crippen LogP contribution in [-0.4, -0.2) is 16.3 Å². The van der Waals surface area contributed by atoms with E-state index in [1.807, 2.05) is 6.07 Å². The summed E-state index contributed by atoms with van der Waals surface area (Å²) in [4.78, 5) is 0. The number of halogens is 4. The van der Waals surface area contributed by atoms with Crippen molar-refractivity contribution in [1.29, 1.82) is 0 Å². The number of benzene rings is 2. The molecule has 122 valence electrons. The van der Waals surface area contributed by atoms with Gasteiger partial charge in [-0.05, 0) is 42.8 Å². The molecule has 3 nitrogen and oxygen atoms in total. The minimum atomic E-state index is -0.376. The first-order valence-corrected chi connectivity index (χ1v) is 8.44.